The molecule has 178 valence electrons. The average molecular weight is 465 g/mol. The number of aliphatic hydroxyl groups is 1. The van der Waals surface area contributed by atoms with Crippen LogP contribution in [-0.2, 0) is 11.2 Å². The van der Waals surface area contributed by atoms with Crippen LogP contribution in [0, 0.1) is 11.6 Å². The maximum Gasteiger partial charge on any atom is 0.217 e. The Labute approximate surface area is 199 Å². The average Bonchev–Trinajstić information content (AvgIpc) is 3.09. The van der Waals surface area contributed by atoms with Gasteiger partial charge >= 0.3 is 0 Å². The van der Waals surface area contributed by atoms with Gasteiger partial charge in [0.1, 0.15) is 11.6 Å². The number of halogens is 2. The van der Waals surface area contributed by atoms with Gasteiger partial charge in [-0.3, -0.25) is 4.79 Å². The molecule has 0 aliphatic heterocycles. The zero-order chi connectivity index (χ0) is 24.4. The van der Waals surface area contributed by atoms with Gasteiger partial charge in [-0.25, -0.2) is 8.78 Å². The lowest BCUT2D eigenvalue weighted by Crippen LogP contribution is -2.48. The number of hydrogen-bond donors (Lipinski definition) is 3. The highest BCUT2D eigenvalue weighted by Crippen LogP contribution is 2.44. The van der Waals surface area contributed by atoms with Crippen molar-refractivity contribution in [3.05, 3.63) is 94.6 Å². The second-order valence-electron chi connectivity index (χ2n) is 9.29. The summed E-state index contributed by atoms with van der Waals surface area (Å²) in [5.41, 5.74) is 6.22. The molecular weight excluding hydrogens is 434 g/mol. The summed E-state index contributed by atoms with van der Waals surface area (Å²) < 4.78 is 27.3. The number of rotatable bonds is 8. The molecule has 0 aromatic heterocycles. The third kappa shape index (κ3) is 5.18. The first-order chi connectivity index (χ1) is 16.2. The minimum atomic E-state index is -0.972. The summed E-state index contributed by atoms with van der Waals surface area (Å²) in [6, 6.07) is 17.1. The van der Waals surface area contributed by atoms with Gasteiger partial charge in [0.2, 0.25) is 5.91 Å². The van der Waals surface area contributed by atoms with E-state index in [1.54, 1.807) is 0 Å². The number of amides is 1. The molecule has 6 heteroatoms. The molecule has 3 atom stereocenters. The molecule has 0 radical (unpaired) electrons. The third-order valence-electron chi connectivity index (χ3n) is 6.38. The van der Waals surface area contributed by atoms with Crippen molar-refractivity contribution >= 4 is 5.91 Å². The molecule has 1 amide bonds. The van der Waals surface area contributed by atoms with E-state index in [1.807, 2.05) is 12.1 Å². The molecule has 3 aromatic rings. The number of hydrogen-bond acceptors (Lipinski definition) is 3. The van der Waals surface area contributed by atoms with Crippen molar-refractivity contribution in [3.8, 4) is 11.1 Å². The SMILES string of the molecule is CC(=O)N[C@@H](Cc1cc(F)cc(F)c1)[C@@H](O)CNC1c2ccccc2-c2ccc(C(C)C)cc21. The number of benzene rings is 3. The Kier molecular flexibility index (Phi) is 7.10. The summed E-state index contributed by atoms with van der Waals surface area (Å²) in [6.45, 7) is 5.86. The zero-order valence-electron chi connectivity index (χ0n) is 19.6. The van der Waals surface area contributed by atoms with Crippen LogP contribution in [0.3, 0.4) is 0 Å². The van der Waals surface area contributed by atoms with Crippen LogP contribution in [0.4, 0.5) is 8.78 Å². The summed E-state index contributed by atoms with van der Waals surface area (Å²) in [6.07, 6.45) is -0.869. The monoisotopic (exact) mass is 464 g/mol. The molecular formula is C28H30F2N2O2. The van der Waals surface area contributed by atoms with Gasteiger partial charge in [-0.2, -0.15) is 0 Å². The van der Waals surface area contributed by atoms with Gasteiger partial charge < -0.3 is 15.7 Å². The van der Waals surface area contributed by atoms with Crippen molar-refractivity contribution in [3.63, 3.8) is 0 Å². The lowest BCUT2D eigenvalue weighted by Gasteiger charge is -2.26. The highest BCUT2D eigenvalue weighted by molar-refractivity contribution is 5.79. The minimum Gasteiger partial charge on any atom is -0.390 e. The van der Waals surface area contributed by atoms with Gasteiger partial charge in [0.25, 0.3) is 0 Å². The van der Waals surface area contributed by atoms with Crippen LogP contribution in [0.5, 0.6) is 0 Å². The van der Waals surface area contributed by atoms with Crippen LogP contribution >= 0.6 is 0 Å². The van der Waals surface area contributed by atoms with Crippen molar-refractivity contribution in [1.29, 1.82) is 0 Å². The van der Waals surface area contributed by atoms with Gasteiger partial charge in [-0.15, -0.1) is 0 Å². The Balaban J connectivity index is 1.56. The topological polar surface area (TPSA) is 61.4 Å². The van der Waals surface area contributed by atoms with Gasteiger partial charge in [-0.1, -0.05) is 56.3 Å². The molecule has 4 rings (SSSR count). The Morgan fingerprint density at radius 2 is 1.65 bits per heavy atom. The second-order valence-corrected chi connectivity index (χ2v) is 9.29. The lowest BCUT2D eigenvalue weighted by molar-refractivity contribution is -0.120. The molecule has 0 spiro atoms. The van der Waals surface area contributed by atoms with E-state index < -0.39 is 23.8 Å². The van der Waals surface area contributed by atoms with E-state index in [9.17, 15) is 18.7 Å². The molecule has 0 saturated carbocycles. The van der Waals surface area contributed by atoms with Crippen LogP contribution < -0.4 is 10.6 Å². The maximum atomic E-state index is 13.7. The van der Waals surface area contributed by atoms with Gasteiger partial charge in [0, 0.05) is 19.5 Å². The number of aliphatic hydroxyl groups excluding tert-OH is 1. The first kappa shape index (κ1) is 24.0. The summed E-state index contributed by atoms with van der Waals surface area (Å²) in [4.78, 5) is 11.8. The maximum absolute atomic E-state index is 13.7. The summed E-state index contributed by atoms with van der Waals surface area (Å²) >= 11 is 0. The molecule has 34 heavy (non-hydrogen) atoms. The number of nitrogens with one attached hydrogen (secondary N) is 2. The molecule has 0 saturated heterocycles. The Morgan fingerprint density at radius 1 is 0.971 bits per heavy atom. The molecule has 1 aliphatic carbocycles. The molecule has 4 nitrogen and oxygen atoms in total. The van der Waals surface area contributed by atoms with Crippen LogP contribution in [0.2, 0.25) is 0 Å². The van der Waals surface area contributed by atoms with Crippen molar-refractivity contribution in [2.45, 2.75) is 51.3 Å². The second kappa shape index (κ2) is 10.0. The number of fused-ring (bicyclic) bond motifs is 3. The first-order valence-electron chi connectivity index (χ1n) is 11.6. The highest BCUT2D eigenvalue weighted by atomic mass is 19.1. The summed E-state index contributed by atoms with van der Waals surface area (Å²) in [5, 5.41) is 17.2. The minimum absolute atomic E-state index is 0.104. The van der Waals surface area contributed by atoms with E-state index in [-0.39, 0.29) is 24.9 Å². The molecule has 0 fully saturated rings. The molecule has 3 aromatic carbocycles. The van der Waals surface area contributed by atoms with E-state index in [4.69, 9.17) is 0 Å². The standard InChI is InChI=1S/C28H30F2N2O2/c1-16(2)19-8-9-23-22-6-4-5-7-24(22)28(25(23)13-19)31-15-27(34)26(32-17(3)33)12-18-10-20(29)14-21(30)11-18/h4-11,13-14,16,26-28,31,34H,12,15H2,1-3H3,(H,32,33)/t26-,27-,28?/m0/s1. The summed E-state index contributed by atoms with van der Waals surface area (Å²) in [7, 11) is 0. The molecule has 1 unspecified atom stereocenters. The Hall–Kier alpha value is -3.09. The van der Waals surface area contributed by atoms with E-state index in [0.29, 0.717) is 11.5 Å². The zero-order valence-corrected chi connectivity index (χ0v) is 19.6. The fourth-order valence-corrected chi connectivity index (χ4v) is 4.71. The van der Waals surface area contributed by atoms with Crippen LogP contribution in [0.1, 0.15) is 55.0 Å². The van der Waals surface area contributed by atoms with Crippen LogP contribution in [-0.4, -0.2) is 29.7 Å². The fraction of sp³-hybridized carbons (Fsp3) is 0.321. The molecule has 0 bridgehead atoms. The third-order valence-corrected chi connectivity index (χ3v) is 6.38. The van der Waals surface area contributed by atoms with Crippen molar-refractivity contribution < 1.29 is 18.7 Å². The lowest BCUT2D eigenvalue weighted by atomic mass is 9.96. The van der Waals surface area contributed by atoms with Crippen molar-refractivity contribution in [2.24, 2.45) is 0 Å². The molecule has 1 aliphatic rings. The largest absolute Gasteiger partial charge is 0.390 e. The normalized spacial score (nSPS) is 16.1. The predicted octanol–water partition coefficient (Wildman–Crippen LogP) is 4.86. The van der Waals surface area contributed by atoms with Gasteiger partial charge in [0.05, 0.1) is 18.2 Å². The van der Waals surface area contributed by atoms with Crippen molar-refractivity contribution in [2.75, 3.05) is 6.54 Å². The fourth-order valence-electron chi connectivity index (χ4n) is 4.71. The Bertz CT molecular complexity index is 1170. The summed E-state index contributed by atoms with van der Waals surface area (Å²) in [5.74, 6) is -1.32. The highest BCUT2D eigenvalue weighted by Gasteiger charge is 2.30. The van der Waals surface area contributed by atoms with Gasteiger partial charge in [0.15, 0.2) is 0 Å². The van der Waals surface area contributed by atoms with E-state index >= 15 is 0 Å². The first-order valence-corrected chi connectivity index (χ1v) is 11.6. The predicted molar refractivity (Wildman–Crippen MR) is 129 cm³/mol. The van der Waals surface area contributed by atoms with E-state index in [1.165, 1.54) is 30.2 Å². The van der Waals surface area contributed by atoms with Crippen LogP contribution in [0.25, 0.3) is 11.1 Å². The number of carbonyl (C=O) groups is 1. The van der Waals surface area contributed by atoms with E-state index in [2.05, 4.69) is 54.8 Å². The van der Waals surface area contributed by atoms with Crippen molar-refractivity contribution in [1.82, 2.24) is 10.6 Å². The molecule has 0 heterocycles. The quantitative estimate of drug-likeness (QED) is 0.446. The van der Waals surface area contributed by atoms with Crippen LogP contribution in [0.15, 0.2) is 60.7 Å². The number of carbonyl (C=O) groups excluding carboxylic acids is 1. The smallest absolute Gasteiger partial charge is 0.217 e. The Morgan fingerprint density at radius 3 is 2.32 bits per heavy atom. The molecule has 3 N–H and O–H groups in total. The van der Waals surface area contributed by atoms with E-state index in [0.717, 1.165) is 22.8 Å². The van der Waals surface area contributed by atoms with Gasteiger partial charge in [-0.05, 0) is 57.9 Å².